The minimum absolute atomic E-state index is 0.267. The maximum absolute atomic E-state index is 13.0. The molecule has 12 heavy (non-hydrogen) atoms. The molecular formula is C9H9FN2. The van der Waals surface area contributed by atoms with Crippen LogP contribution in [0.2, 0.25) is 0 Å². The number of nitrogens with zero attached hydrogens (tertiary/aromatic N) is 1. The molecule has 0 spiro atoms. The zero-order valence-corrected chi connectivity index (χ0v) is 6.71. The molecule has 1 aromatic carbocycles. The van der Waals surface area contributed by atoms with Crippen LogP contribution in [0.3, 0.4) is 0 Å². The van der Waals surface area contributed by atoms with E-state index in [0.29, 0.717) is 5.56 Å². The highest BCUT2D eigenvalue weighted by Gasteiger charge is 2.07. The topological polar surface area (TPSA) is 35.8 Å². The highest BCUT2D eigenvalue weighted by atomic mass is 19.1. The monoisotopic (exact) mass is 164 g/mol. The van der Waals surface area contributed by atoms with Crippen LogP contribution in [-0.2, 0) is 0 Å². The van der Waals surface area contributed by atoms with Crippen LogP contribution >= 0.6 is 0 Å². The molecule has 0 amide bonds. The van der Waals surface area contributed by atoms with E-state index in [2.05, 4.69) is 5.32 Å². The number of rotatable bonds is 2. The van der Waals surface area contributed by atoms with Gasteiger partial charge in [0.15, 0.2) is 6.19 Å². The molecule has 1 rings (SSSR count). The van der Waals surface area contributed by atoms with Gasteiger partial charge in [0.25, 0.3) is 0 Å². The molecule has 0 aliphatic rings. The van der Waals surface area contributed by atoms with Gasteiger partial charge in [0.1, 0.15) is 5.82 Å². The van der Waals surface area contributed by atoms with Crippen LogP contribution in [0.25, 0.3) is 0 Å². The summed E-state index contributed by atoms with van der Waals surface area (Å²) in [5, 5.41) is 10.8. The summed E-state index contributed by atoms with van der Waals surface area (Å²) in [6, 6.07) is 6.14. The van der Waals surface area contributed by atoms with Crippen molar-refractivity contribution in [2.75, 3.05) is 0 Å². The van der Waals surface area contributed by atoms with E-state index in [1.54, 1.807) is 31.3 Å². The largest absolute Gasteiger partial charge is 0.317 e. The molecule has 0 saturated carbocycles. The third-order valence-electron chi connectivity index (χ3n) is 1.65. The summed E-state index contributed by atoms with van der Waals surface area (Å²) in [5.74, 6) is -0.284. The summed E-state index contributed by atoms with van der Waals surface area (Å²) in [5.41, 5.74) is 0.513. The predicted octanol–water partition coefficient (Wildman–Crippen LogP) is 1.96. The van der Waals surface area contributed by atoms with E-state index in [1.807, 2.05) is 0 Å². The van der Waals surface area contributed by atoms with Gasteiger partial charge in [-0.1, -0.05) is 18.2 Å². The fraction of sp³-hybridized carbons (Fsp3) is 0.222. The zero-order chi connectivity index (χ0) is 8.97. The van der Waals surface area contributed by atoms with Gasteiger partial charge >= 0.3 is 0 Å². The van der Waals surface area contributed by atoms with Crippen LogP contribution in [0.5, 0.6) is 0 Å². The van der Waals surface area contributed by atoms with Gasteiger partial charge in [-0.15, -0.1) is 0 Å². The summed E-state index contributed by atoms with van der Waals surface area (Å²) >= 11 is 0. The Kier molecular flexibility index (Phi) is 2.65. The number of nitrogens with one attached hydrogen (secondary N) is 1. The molecule has 0 saturated heterocycles. The first-order chi connectivity index (χ1) is 5.75. The average molecular weight is 164 g/mol. The Morgan fingerprint density at radius 1 is 1.50 bits per heavy atom. The standard InChI is InChI=1S/C9H9FN2/c1-7(12-6-11)8-4-2-3-5-9(8)10/h2-5,7,12H,1H3. The minimum Gasteiger partial charge on any atom is -0.317 e. The predicted molar refractivity (Wildman–Crippen MR) is 43.6 cm³/mol. The fourth-order valence-corrected chi connectivity index (χ4v) is 1.00. The summed E-state index contributed by atoms with van der Waals surface area (Å²) in [6.07, 6.45) is 1.78. The molecule has 0 aliphatic heterocycles. The molecule has 0 fully saturated rings. The van der Waals surface area contributed by atoms with E-state index in [-0.39, 0.29) is 11.9 Å². The van der Waals surface area contributed by atoms with Crippen molar-refractivity contribution in [1.29, 1.82) is 5.26 Å². The van der Waals surface area contributed by atoms with Crippen LogP contribution in [-0.4, -0.2) is 0 Å². The normalized spacial score (nSPS) is 11.8. The van der Waals surface area contributed by atoms with Crippen molar-refractivity contribution in [3.05, 3.63) is 35.6 Å². The van der Waals surface area contributed by atoms with Crippen LogP contribution in [0.4, 0.5) is 4.39 Å². The Morgan fingerprint density at radius 3 is 2.75 bits per heavy atom. The van der Waals surface area contributed by atoms with Crippen molar-refractivity contribution < 1.29 is 4.39 Å². The maximum atomic E-state index is 13.0. The number of halogens is 1. The van der Waals surface area contributed by atoms with Gasteiger partial charge in [0.2, 0.25) is 0 Å². The first kappa shape index (κ1) is 8.54. The summed E-state index contributed by atoms with van der Waals surface area (Å²) < 4.78 is 13.0. The Labute approximate surface area is 70.6 Å². The van der Waals surface area contributed by atoms with Crippen molar-refractivity contribution in [2.45, 2.75) is 13.0 Å². The van der Waals surface area contributed by atoms with Crippen LogP contribution in [0.1, 0.15) is 18.5 Å². The average Bonchev–Trinajstić information content (AvgIpc) is 2.05. The molecule has 0 radical (unpaired) electrons. The maximum Gasteiger partial charge on any atom is 0.177 e. The summed E-state index contributed by atoms with van der Waals surface area (Å²) in [7, 11) is 0. The van der Waals surface area contributed by atoms with Gasteiger partial charge < -0.3 is 5.32 Å². The van der Waals surface area contributed by atoms with Crippen molar-refractivity contribution in [1.82, 2.24) is 5.32 Å². The van der Waals surface area contributed by atoms with E-state index >= 15 is 0 Å². The van der Waals surface area contributed by atoms with Gasteiger partial charge in [0, 0.05) is 5.56 Å². The number of hydrogen-bond acceptors (Lipinski definition) is 2. The second-order valence-electron chi connectivity index (χ2n) is 2.50. The van der Waals surface area contributed by atoms with E-state index < -0.39 is 0 Å². The molecule has 3 heteroatoms. The highest BCUT2D eigenvalue weighted by Crippen LogP contribution is 2.14. The Bertz CT molecular complexity index is 304. The molecule has 2 nitrogen and oxygen atoms in total. The lowest BCUT2D eigenvalue weighted by Crippen LogP contribution is -2.13. The van der Waals surface area contributed by atoms with Crippen molar-refractivity contribution >= 4 is 0 Å². The lowest BCUT2D eigenvalue weighted by atomic mass is 10.1. The summed E-state index contributed by atoms with van der Waals surface area (Å²) in [4.78, 5) is 0. The number of hydrogen-bond donors (Lipinski definition) is 1. The molecule has 0 bridgehead atoms. The van der Waals surface area contributed by atoms with Gasteiger partial charge in [-0.2, -0.15) is 5.26 Å². The summed E-state index contributed by atoms with van der Waals surface area (Å²) in [6.45, 7) is 1.74. The fourth-order valence-electron chi connectivity index (χ4n) is 1.00. The Morgan fingerprint density at radius 2 is 2.17 bits per heavy atom. The van der Waals surface area contributed by atoms with E-state index in [1.165, 1.54) is 6.07 Å². The molecule has 1 aromatic rings. The minimum atomic E-state index is -0.284. The van der Waals surface area contributed by atoms with E-state index in [4.69, 9.17) is 5.26 Å². The lowest BCUT2D eigenvalue weighted by molar-refractivity contribution is 0.575. The molecule has 1 unspecified atom stereocenters. The Balaban J connectivity index is 2.88. The molecule has 0 aromatic heterocycles. The van der Waals surface area contributed by atoms with Crippen molar-refractivity contribution in [2.24, 2.45) is 0 Å². The van der Waals surface area contributed by atoms with Crippen LogP contribution in [0, 0.1) is 17.3 Å². The molecule has 0 heterocycles. The van der Waals surface area contributed by atoms with Gasteiger partial charge in [0.05, 0.1) is 6.04 Å². The quantitative estimate of drug-likeness (QED) is 0.535. The van der Waals surface area contributed by atoms with Crippen LogP contribution in [0.15, 0.2) is 24.3 Å². The Hall–Kier alpha value is -1.56. The second-order valence-corrected chi connectivity index (χ2v) is 2.50. The molecule has 1 atom stereocenters. The van der Waals surface area contributed by atoms with E-state index in [0.717, 1.165) is 0 Å². The van der Waals surface area contributed by atoms with Gasteiger partial charge in [-0.3, -0.25) is 0 Å². The van der Waals surface area contributed by atoms with E-state index in [9.17, 15) is 4.39 Å². The lowest BCUT2D eigenvalue weighted by Gasteiger charge is -2.09. The highest BCUT2D eigenvalue weighted by molar-refractivity contribution is 5.20. The van der Waals surface area contributed by atoms with Gasteiger partial charge in [-0.05, 0) is 13.0 Å². The first-order valence-corrected chi connectivity index (χ1v) is 3.64. The zero-order valence-electron chi connectivity index (χ0n) is 6.71. The molecule has 0 aliphatic carbocycles. The molecule has 62 valence electrons. The molecule has 1 N–H and O–H groups in total. The van der Waals surface area contributed by atoms with Crippen molar-refractivity contribution in [3.63, 3.8) is 0 Å². The third-order valence-corrected chi connectivity index (χ3v) is 1.65. The number of benzene rings is 1. The molecular weight excluding hydrogens is 155 g/mol. The van der Waals surface area contributed by atoms with Crippen molar-refractivity contribution in [3.8, 4) is 6.19 Å². The number of nitriles is 1. The third kappa shape index (κ3) is 1.73. The van der Waals surface area contributed by atoms with Crippen LogP contribution < -0.4 is 5.32 Å². The second kappa shape index (κ2) is 3.72. The van der Waals surface area contributed by atoms with Gasteiger partial charge in [-0.25, -0.2) is 4.39 Å². The smallest absolute Gasteiger partial charge is 0.177 e. The SMILES string of the molecule is CC(NC#N)c1ccccc1F. The first-order valence-electron chi connectivity index (χ1n) is 3.64.